The van der Waals surface area contributed by atoms with Crippen LogP contribution in [0.4, 0.5) is 0 Å². The van der Waals surface area contributed by atoms with Crippen LogP contribution in [0, 0.1) is 5.92 Å². The van der Waals surface area contributed by atoms with Crippen molar-refractivity contribution in [2.24, 2.45) is 11.7 Å². The van der Waals surface area contributed by atoms with E-state index >= 15 is 0 Å². The fourth-order valence-electron chi connectivity index (χ4n) is 1.93. The quantitative estimate of drug-likeness (QED) is 0.482. The van der Waals surface area contributed by atoms with Gasteiger partial charge in [-0.15, -0.1) is 0 Å². The lowest BCUT2D eigenvalue weighted by molar-refractivity contribution is -0.184. The molecule has 1 atom stereocenters. The Kier molecular flexibility index (Phi) is 8.33. The van der Waals surface area contributed by atoms with Gasteiger partial charge in [-0.3, -0.25) is 0 Å². The fourth-order valence-corrected chi connectivity index (χ4v) is 4.08. The van der Waals surface area contributed by atoms with Crippen molar-refractivity contribution < 1.29 is 9.47 Å². The Morgan fingerprint density at radius 2 is 1.73 bits per heavy atom. The fraction of sp³-hybridized carbons (Fsp3) is 1.00. The Hall–Kier alpha value is 0.0969. The maximum absolute atomic E-state index is 5.87. The zero-order valence-corrected chi connectivity index (χ0v) is 12.1. The second-order valence-electron chi connectivity index (χ2n) is 4.07. The van der Waals surface area contributed by atoms with Gasteiger partial charge < -0.3 is 15.2 Å². The minimum absolute atomic E-state index is 0.267. The standard InChI is InChI=1S/C11H27NO2Si/c1-5-13-11(14-6-2,15-7-3)8-10(4)9-12/h10H,5-9,12,15H2,1-4H3. The van der Waals surface area contributed by atoms with E-state index in [4.69, 9.17) is 15.2 Å². The molecule has 0 bridgehead atoms. The van der Waals surface area contributed by atoms with E-state index in [1.165, 1.54) is 6.04 Å². The van der Waals surface area contributed by atoms with Gasteiger partial charge in [-0.25, -0.2) is 0 Å². The number of hydrogen-bond acceptors (Lipinski definition) is 3. The molecule has 0 fully saturated rings. The van der Waals surface area contributed by atoms with Crippen molar-refractivity contribution in [3.05, 3.63) is 0 Å². The van der Waals surface area contributed by atoms with E-state index in [0.717, 1.165) is 19.6 Å². The molecule has 2 N–H and O–H groups in total. The van der Waals surface area contributed by atoms with Crippen molar-refractivity contribution in [2.45, 2.75) is 45.6 Å². The summed E-state index contributed by atoms with van der Waals surface area (Å²) in [6, 6.07) is 1.21. The molecule has 0 amide bonds. The van der Waals surface area contributed by atoms with Crippen molar-refractivity contribution in [1.82, 2.24) is 0 Å². The molecule has 0 aliphatic rings. The highest BCUT2D eigenvalue weighted by Gasteiger charge is 2.31. The lowest BCUT2D eigenvalue weighted by Crippen LogP contribution is -2.44. The topological polar surface area (TPSA) is 44.5 Å². The van der Waals surface area contributed by atoms with Crippen LogP contribution in [0.5, 0.6) is 0 Å². The molecule has 92 valence electrons. The lowest BCUT2D eigenvalue weighted by Gasteiger charge is -2.35. The Balaban J connectivity index is 4.44. The van der Waals surface area contributed by atoms with Crippen LogP contribution in [-0.2, 0) is 9.47 Å². The van der Waals surface area contributed by atoms with Crippen LogP contribution >= 0.6 is 0 Å². The van der Waals surface area contributed by atoms with E-state index in [2.05, 4.69) is 13.8 Å². The first kappa shape index (κ1) is 15.1. The molecule has 1 unspecified atom stereocenters. The van der Waals surface area contributed by atoms with E-state index in [9.17, 15) is 0 Å². The van der Waals surface area contributed by atoms with Crippen LogP contribution in [0.2, 0.25) is 6.04 Å². The second kappa shape index (κ2) is 8.27. The van der Waals surface area contributed by atoms with Gasteiger partial charge in [0.2, 0.25) is 0 Å². The number of rotatable bonds is 9. The van der Waals surface area contributed by atoms with Crippen molar-refractivity contribution >= 4 is 9.52 Å². The molecule has 0 aromatic carbocycles. The number of ether oxygens (including phenoxy) is 2. The van der Waals surface area contributed by atoms with Crippen LogP contribution in [0.1, 0.15) is 34.1 Å². The molecule has 4 heteroatoms. The molecule has 0 heterocycles. The van der Waals surface area contributed by atoms with Crippen LogP contribution in [0.3, 0.4) is 0 Å². The summed E-state index contributed by atoms with van der Waals surface area (Å²) in [5.41, 5.74) is 5.41. The monoisotopic (exact) mass is 233 g/mol. The smallest absolute Gasteiger partial charge is 0.145 e. The summed E-state index contributed by atoms with van der Waals surface area (Å²) in [5, 5.41) is 0. The Morgan fingerprint density at radius 1 is 1.20 bits per heavy atom. The summed E-state index contributed by atoms with van der Waals surface area (Å²) >= 11 is 0. The molecule has 0 aromatic rings. The summed E-state index contributed by atoms with van der Waals surface area (Å²) in [6.07, 6.45) is 0.950. The van der Waals surface area contributed by atoms with E-state index in [0.29, 0.717) is 12.5 Å². The molecule has 3 nitrogen and oxygen atoms in total. The molecule has 0 saturated carbocycles. The predicted octanol–water partition coefficient (Wildman–Crippen LogP) is 1.31. The third kappa shape index (κ3) is 5.66. The van der Waals surface area contributed by atoms with Crippen LogP contribution < -0.4 is 5.73 Å². The van der Waals surface area contributed by atoms with Gasteiger partial charge in [0.15, 0.2) is 0 Å². The Morgan fingerprint density at radius 3 is 2.07 bits per heavy atom. The van der Waals surface area contributed by atoms with Gasteiger partial charge in [-0.2, -0.15) is 0 Å². The van der Waals surface area contributed by atoms with Crippen LogP contribution in [0.25, 0.3) is 0 Å². The average Bonchev–Trinajstić information content (AvgIpc) is 2.18. The molecule has 15 heavy (non-hydrogen) atoms. The van der Waals surface area contributed by atoms with Gasteiger partial charge in [0.05, 0.1) is 9.52 Å². The summed E-state index contributed by atoms with van der Waals surface area (Å²) in [6.45, 7) is 10.6. The minimum atomic E-state index is -0.345. The highest BCUT2D eigenvalue weighted by molar-refractivity contribution is 6.38. The normalized spacial score (nSPS) is 15.0. The van der Waals surface area contributed by atoms with Crippen molar-refractivity contribution in [1.29, 1.82) is 0 Å². The zero-order valence-electron chi connectivity index (χ0n) is 10.7. The number of nitrogens with two attached hydrogens (primary N) is 1. The van der Waals surface area contributed by atoms with E-state index in [1.807, 2.05) is 13.8 Å². The maximum Gasteiger partial charge on any atom is 0.145 e. The Bertz CT molecular complexity index is 139. The van der Waals surface area contributed by atoms with Gasteiger partial charge >= 0.3 is 0 Å². The van der Waals surface area contributed by atoms with E-state index < -0.39 is 0 Å². The third-order valence-corrected chi connectivity index (χ3v) is 4.47. The molecular weight excluding hydrogens is 206 g/mol. The molecule has 0 aliphatic carbocycles. The highest BCUT2D eigenvalue weighted by atomic mass is 28.2. The minimum Gasteiger partial charge on any atom is -0.355 e. The molecule has 0 radical (unpaired) electrons. The van der Waals surface area contributed by atoms with E-state index in [-0.39, 0.29) is 14.9 Å². The first-order valence-corrected chi connectivity index (χ1v) is 7.82. The first-order valence-electron chi connectivity index (χ1n) is 6.12. The largest absolute Gasteiger partial charge is 0.355 e. The van der Waals surface area contributed by atoms with Crippen LogP contribution in [0.15, 0.2) is 0 Å². The summed E-state index contributed by atoms with van der Waals surface area (Å²) in [5.74, 6) is 0.474. The molecule has 0 rings (SSSR count). The number of hydrogen-bond donors (Lipinski definition) is 1. The predicted molar refractivity (Wildman–Crippen MR) is 67.8 cm³/mol. The highest BCUT2D eigenvalue weighted by Crippen LogP contribution is 2.23. The van der Waals surface area contributed by atoms with Gasteiger partial charge in [0, 0.05) is 19.6 Å². The van der Waals surface area contributed by atoms with Crippen molar-refractivity contribution in [3.63, 3.8) is 0 Å². The summed E-state index contributed by atoms with van der Waals surface area (Å²) < 4.78 is 11.7. The van der Waals surface area contributed by atoms with Gasteiger partial charge in [0.25, 0.3) is 0 Å². The molecular formula is C11H27NO2Si. The van der Waals surface area contributed by atoms with Crippen LogP contribution in [-0.4, -0.2) is 34.7 Å². The first-order chi connectivity index (χ1) is 7.14. The van der Waals surface area contributed by atoms with Gasteiger partial charge in [-0.05, 0) is 26.3 Å². The SMILES string of the molecule is CCOC(CC(C)CN)(OCC)[SiH2]CC. The summed E-state index contributed by atoms with van der Waals surface area (Å²) in [4.78, 5) is 0. The van der Waals surface area contributed by atoms with Crippen molar-refractivity contribution in [2.75, 3.05) is 19.8 Å². The third-order valence-electron chi connectivity index (χ3n) is 2.51. The molecule has 0 spiro atoms. The maximum atomic E-state index is 5.87. The second-order valence-corrected chi connectivity index (χ2v) is 6.65. The van der Waals surface area contributed by atoms with Gasteiger partial charge in [0.1, 0.15) is 5.41 Å². The molecule has 0 saturated heterocycles. The Labute approximate surface area is 96.5 Å². The lowest BCUT2D eigenvalue weighted by atomic mass is 10.1. The molecule has 0 aromatic heterocycles. The average molecular weight is 233 g/mol. The van der Waals surface area contributed by atoms with Gasteiger partial charge in [-0.1, -0.05) is 19.9 Å². The zero-order chi connectivity index (χ0) is 11.7. The van der Waals surface area contributed by atoms with E-state index in [1.54, 1.807) is 0 Å². The van der Waals surface area contributed by atoms with Crippen molar-refractivity contribution in [3.8, 4) is 0 Å². The summed E-state index contributed by atoms with van der Waals surface area (Å²) in [7, 11) is -0.345. The molecule has 0 aliphatic heterocycles.